The van der Waals surface area contributed by atoms with Crippen molar-refractivity contribution in [3.8, 4) is 11.3 Å². The van der Waals surface area contributed by atoms with Gasteiger partial charge in [0.25, 0.3) is 5.91 Å². The van der Waals surface area contributed by atoms with Gasteiger partial charge >= 0.3 is 5.97 Å². The number of nitrogens with one attached hydrogen (secondary N) is 1. The highest BCUT2D eigenvalue weighted by Gasteiger charge is 2.23. The van der Waals surface area contributed by atoms with Crippen molar-refractivity contribution in [1.82, 2.24) is 0 Å². The summed E-state index contributed by atoms with van der Waals surface area (Å²) in [7, 11) is 1.33. The zero-order valence-electron chi connectivity index (χ0n) is 15.0. The van der Waals surface area contributed by atoms with Gasteiger partial charge in [0.2, 0.25) is 0 Å². The SMILES string of the molecule is COC(=O)c1c(NC(=O)c2cc(-c3ccccc3)oc2C)sc(C)c1C. The Labute approximate surface area is 155 Å². The fourth-order valence-electron chi connectivity index (χ4n) is 2.69. The fraction of sp³-hybridized carbons (Fsp3) is 0.200. The molecule has 0 unspecified atom stereocenters. The molecule has 0 aliphatic rings. The van der Waals surface area contributed by atoms with E-state index in [2.05, 4.69) is 5.32 Å². The van der Waals surface area contributed by atoms with Crippen LogP contribution in [0.2, 0.25) is 0 Å². The molecule has 5 nitrogen and oxygen atoms in total. The molecule has 134 valence electrons. The summed E-state index contributed by atoms with van der Waals surface area (Å²) < 4.78 is 10.6. The molecule has 0 aliphatic heterocycles. The average Bonchev–Trinajstić information content (AvgIpc) is 3.15. The van der Waals surface area contributed by atoms with Gasteiger partial charge in [-0.25, -0.2) is 4.79 Å². The first-order valence-electron chi connectivity index (χ1n) is 8.08. The number of carbonyl (C=O) groups is 2. The van der Waals surface area contributed by atoms with E-state index < -0.39 is 5.97 Å². The minimum atomic E-state index is -0.462. The molecule has 0 atom stereocenters. The normalized spacial score (nSPS) is 10.6. The van der Waals surface area contributed by atoms with Crippen molar-refractivity contribution in [1.29, 1.82) is 0 Å². The number of anilines is 1. The first-order valence-corrected chi connectivity index (χ1v) is 8.89. The van der Waals surface area contributed by atoms with Crippen LogP contribution < -0.4 is 5.32 Å². The first kappa shape index (κ1) is 17.9. The number of benzene rings is 1. The predicted octanol–water partition coefficient (Wildman–Crippen LogP) is 4.97. The lowest BCUT2D eigenvalue weighted by atomic mass is 10.1. The summed E-state index contributed by atoms with van der Waals surface area (Å²) in [5.41, 5.74) is 2.54. The highest BCUT2D eigenvalue weighted by Crippen LogP contribution is 2.34. The van der Waals surface area contributed by atoms with Gasteiger partial charge in [-0.1, -0.05) is 30.3 Å². The summed E-state index contributed by atoms with van der Waals surface area (Å²) in [5.74, 6) is 0.363. The molecule has 1 amide bonds. The second-order valence-electron chi connectivity index (χ2n) is 5.88. The van der Waals surface area contributed by atoms with E-state index in [4.69, 9.17) is 9.15 Å². The summed E-state index contributed by atoms with van der Waals surface area (Å²) in [4.78, 5) is 25.8. The standard InChI is InChI=1S/C20H19NO4S/c1-11-13(3)26-19(17(11)20(23)24-4)21-18(22)15-10-16(25-12(15)2)14-8-6-5-7-9-14/h5-10H,1-4H3,(H,21,22). The first-order chi connectivity index (χ1) is 12.4. The Hall–Kier alpha value is -2.86. The van der Waals surface area contributed by atoms with Gasteiger partial charge in [-0.3, -0.25) is 4.79 Å². The van der Waals surface area contributed by atoms with Crippen LogP contribution in [0.25, 0.3) is 11.3 Å². The Morgan fingerprint density at radius 2 is 1.81 bits per heavy atom. The van der Waals surface area contributed by atoms with E-state index in [9.17, 15) is 9.59 Å². The molecule has 6 heteroatoms. The molecule has 0 aliphatic carbocycles. The number of rotatable bonds is 4. The minimum Gasteiger partial charge on any atom is -0.465 e. The van der Waals surface area contributed by atoms with E-state index in [0.717, 1.165) is 16.0 Å². The lowest BCUT2D eigenvalue weighted by molar-refractivity contribution is 0.0601. The smallest absolute Gasteiger partial charge is 0.341 e. The fourth-order valence-corrected chi connectivity index (χ4v) is 3.73. The van der Waals surface area contributed by atoms with Gasteiger partial charge in [0.1, 0.15) is 16.5 Å². The highest BCUT2D eigenvalue weighted by molar-refractivity contribution is 7.16. The molecule has 1 N–H and O–H groups in total. The van der Waals surface area contributed by atoms with Gasteiger partial charge in [-0.2, -0.15) is 0 Å². The number of aryl methyl sites for hydroxylation is 2. The number of furan rings is 1. The Morgan fingerprint density at radius 1 is 1.12 bits per heavy atom. The van der Waals surface area contributed by atoms with E-state index in [1.54, 1.807) is 13.0 Å². The molecular formula is C20H19NO4S. The van der Waals surface area contributed by atoms with E-state index >= 15 is 0 Å². The van der Waals surface area contributed by atoms with Crippen LogP contribution >= 0.6 is 11.3 Å². The summed E-state index contributed by atoms with van der Waals surface area (Å²) >= 11 is 1.35. The molecule has 2 heterocycles. The molecule has 3 aromatic rings. The van der Waals surface area contributed by atoms with Crippen LogP contribution in [0.1, 0.15) is 36.9 Å². The Balaban J connectivity index is 1.91. The number of amides is 1. The maximum absolute atomic E-state index is 12.7. The van der Waals surface area contributed by atoms with Crippen molar-refractivity contribution in [2.75, 3.05) is 12.4 Å². The molecular weight excluding hydrogens is 350 g/mol. The zero-order valence-corrected chi connectivity index (χ0v) is 15.8. The summed E-state index contributed by atoms with van der Waals surface area (Å²) in [6.07, 6.45) is 0. The van der Waals surface area contributed by atoms with Crippen LogP contribution in [0.3, 0.4) is 0 Å². The van der Waals surface area contributed by atoms with Gasteiger partial charge in [0.15, 0.2) is 0 Å². The summed E-state index contributed by atoms with van der Waals surface area (Å²) in [6, 6.07) is 11.3. The number of hydrogen-bond donors (Lipinski definition) is 1. The number of ether oxygens (including phenoxy) is 1. The number of carbonyl (C=O) groups excluding carboxylic acids is 2. The molecule has 1 aromatic carbocycles. The molecule has 26 heavy (non-hydrogen) atoms. The Bertz CT molecular complexity index is 969. The van der Waals surface area contributed by atoms with Crippen molar-refractivity contribution in [2.24, 2.45) is 0 Å². The van der Waals surface area contributed by atoms with Crippen molar-refractivity contribution in [2.45, 2.75) is 20.8 Å². The summed E-state index contributed by atoms with van der Waals surface area (Å²) in [6.45, 7) is 5.48. The monoisotopic (exact) mass is 369 g/mol. The highest BCUT2D eigenvalue weighted by atomic mass is 32.1. The second kappa shape index (κ2) is 7.17. The number of methoxy groups -OCH3 is 1. The maximum atomic E-state index is 12.7. The minimum absolute atomic E-state index is 0.320. The van der Waals surface area contributed by atoms with E-state index in [-0.39, 0.29) is 5.91 Å². The molecule has 0 radical (unpaired) electrons. The van der Waals surface area contributed by atoms with Gasteiger partial charge in [-0.15, -0.1) is 11.3 Å². The van der Waals surface area contributed by atoms with Crippen LogP contribution in [0, 0.1) is 20.8 Å². The molecule has 0 saturated carbocycles. The maximum Gasteiger partial charge on any atom is 0.341 e. The van der Waals surface area contributed by atoms with Crippen molar-refractivity contribution in [3.63, 3.8) is 0 Å². The third-order valence-corrected chi connectivity index (χ3v) is 5.35. The van der Waals surface area contributed by atoms with Crippen molar-refractivity contribution < 1.29 is 18.7 Å². The van der Waals surface area contributed by atoms with Gasteiger partial charge in [0, 0.05) is 10.4 Å². The van der Waals surface area contributed by atoms with E-state index in [1.165, 1.54) is 18.4 Å². The average molecular weight is 369 g/mol. The van der Waals surface area contributed by atoms with Crippen molar-refractivity contribution >= 4 is 28.2 Å². The number of hydrogen-bond acceptors (Lipinski definition) is 5. The lowest BCUT2D eigenvalue weighted by Crippen LogP contribution is -2.14. The second-order valence-corrected chi connectivity index (χ2v) is 7.10. The number of esters is 1. The molecule has 3 rings (SSSR count). The molecule has 2 aromatic heterocycles. The third kappa shape index (κ3) is 3.28. The van der Waals surface area contributed by atoms with Gasteiger partial charge in [0.05, 0.1) is 18.2 Å². The van der Waals surface area contributed by atoms with Crippen LogP contribution in [0.15, 0.2) is 40.8 Å². The number of thiophene rings is 1. The molecule has 0 saturated heterocycles. The lowest BCUT2D eigenvalue weighted by Gasteiger charge is -2.05. The topological polar surface area (TPSA) is 68.5 Å². The van der Waals surface area contributed by atoms with Gasteiger partial charge < -0.3 is 14.5 Å². The van der Waals surface area contributed by atoms with Crippen LogP contribution in [-0.2, 0) is 4.74 Å². The van der Waals surface area contributed by atoms with Gasteiger partial charge in [-0.05, 0) is 32.4 Å². The Morgan fingerprint density at radius 3 is 2.46 bits per heavy atom. The van der Waals surface area contributed by atoms with Crippen LogP contribution in [0.4, 0.5) is 5.00 Å². The quantitative estimate of drug-likeness (QED) is 0.659. The molecule has 0 spiro atoms. The zero-order chi connectivity index (χ0) is 18.8. The summed E-state index contributed by atoms with van der Waals surface area (Å²) in [5, 5.41) is 3.31. The third-order valence-electron chi connectivity index (χ3n) is 4.22. The molecule has 0 bridgehead atoms. The Kier molecular flexibility index (Phi) is 4.95. The van der Waals surface area contributed by atoms with E-state index in [1.807, 2.05) is 44.2 Å². The molecule has 0 fully saturated rings. The van der Waals surface area contributed by atoms with E-state index in [0.29, 0.717) is 27.6 Å². The van der Waals surface area contributed by atoms with Crippen LogP contribution in [0.5, 0.6) is 0 Å². The van der Waals surface area contributed by atoms with Crippen LogP contribution in [-0.4, -0.2) is 19.0 Å². The predicted molar refractivity (Wildman–Crippen MR) is 102 cm³/mol. The van der Waals surface area contributed by atoms with Crippen molar-refractivity contribution in [3.05, 3.63) is 63.7 Å². The largest absolute Gasteiger partial charge is 0.465 e.